The predicted molar refractivity (Wildman–Crippen MR) is 79.5 cm³/mol. The number of nitrogens with one attached hydrogen (secondary N) is 1. The van der Waals surface area contributed by atoms with E-state index in [1.165, 1.54) is 22.3 Å². The smallest absolute Gasteiger partial charge is 0.101 e. The standard InChI is InChI=1S/C17H23NO/c1-5-9-18-17(15-10-13(3)19-11-15)16-8-6-7-12(2)14(16)4/h6-8,10-11,17-18H,5,9H2,1-4H3. The highest BCUT2D eigenvalue weighted by Gasteiger charge is 2.17. The molecule has 0 saturated carbocycles. The van der Waals surface area contributed by atoms with Crippen molar-refractivity contribution in [3.05, 3.63) is 58.5 Å². The SMILES string of the molecule is CCCNC(c1coc(C)c1)c1cccc(C)c1C. The molecule has 0 fully saturated rings. The first-order valence-corrected chi connectivity index (χ1v) is 6.98. The zero-order valence-electron chi connectivity index (χ0n) is 12.3. The van der Waals surface area contributed by atoms with Crippen LogP contribution >= 0.6 is 0 Å². The van der Waals surface area contributed by atoms with Crippen LogP contribution in [-0.4, -0.2) is 6.54 Å². The Balaban J connectivity index is 2.39. The molecular formula is C17H23NO. The topological polar surface area (TPSA) is 25.2 Å². The molecule has 0 amide bonds. The first kappa shape index (κ1) is 13.9. The number of rotatable bonds is 5. The van der Waals surface area contributed by atoms with Crippen molar-refractivity contribution in [1.82, 2.24) is 5.32 Å². The van der Waals surface area contributed by atoms with Crippen LogP contribution in [0, 0.1) is 20.8 Å². The quantitative estimate of drug-likeness (QED) is 0.864. The van der Waals surface area contributed by atoms with E-state index in [-0.39, 0.29) is 6.04 Å². The van der Waals surface area contributed by atoms with Crippen LogP contribution in [-0.2, 0) is 0 Å². The van der Waals surface area contributed by atoms with Gasteiger partial charge in [-0.05, 0) is 56.5 Å². The summed E-state index contributed by atoms with van der Waals surface area (Å²) in [5.74, 6) is 0.962. The Hall–Kier alpha value is -1.54. The molecule has 0 aliphatic carbocycles. The summed E-state index contributed by atoms with van der Waals surface area (Å²) < 4.78 is 5.48. The summed E-state index contributed by atoms with van der Waals surface area (Å²) in [6.45, 7) is 9.54. The lowest BCUT2D eigenvalue weighted by atomic mass is 9.94. The molecule has 0 saturated heterocycles. The Bertz CT molecular complexity index is 542. The van der Waals surface area contributed by atoms with Crippen molar-refractivity contribution in [3.63, 3.8) is 0 Å². The fourth-order valence-corrected chi connectivity index (χ4v) is 2.40. The van der Waals surface area contributed by atoms with Crippen LogP contribution in [0.4, 0.5) is 0 Å². The van der Waals surface area contributed by atoms with Crippen LogP contribution in [0.2, 0.25) is 0 Å². The summed E-state index contributed by atoms with van der Waals surface area (Å²) in [6, 6.07) is 8.84. The summed E-state index contributed by atoms with van der Waals surface area (Å²) in [6.07, 6.45) is 2.99. The first-order chi connectivity index (χ1) is 9.13. The lowest BCUT2D eigenvalue weighted by Crippen LogP contribution is -2.23. The second-order valence-electron chi connectivity index (χ2n) is 5.17. The molecule has 2 heteroatoms. The fourth-order valence-electron chi connectivity index (χ4n) is 2.40. The molecule has 1 aromatic carbocycles. The summed E-state index contributed by atoms with van der Waals surface area (Å²) in [5, 5.41) is 3.62. The van der Waals surface area contributed by atoms with Gasteiger partial charge >= 0.3 is 0 Å². The molecule has 0 aliphatic rings. The number of hydrogen-bond acceptors (Lipinski definition) is 2. The minimum atomic E-state index is 0.220. The average molecular weight is 257 g/mol. The maximum Gasteiger partial charge on any atom is 0.101 e. The van der Waals surface area contributed by atoms with Gasteiger partial charge in [-0.1, -0.05) is 25.1 Å². The molecule has 0 aliphatic heterocycles. The van der Waals surface area contributed by atoms with Gasteiger partial charge in [0.05, 0.1) is 12.3 Å². The van der Waals surface area contributed by atoms with Crippen LogP contribution < -0.4 is 5.32 Å². The lowest BCUT2D eigenvalue weighted by molar-refractivity contribution is 0.523. The van der Waals surface area contributed by atoms with E-state index in [2.05, 4.69) is 50.4 Å². The van der Waals surface area contributed by atoms with E-state index in [0.29, 0.717) is 0 Å². The molecule has 1 atom stereocenters. The highest BCUT2D eigenvalue weighted by atomic mass is 16.3. The van der Waals surface area contributed by atoms with Gasteiger partial charge in [-0.25, -0.2) is 0 Å². The molecule has 102 valence electrons. The number of aryl methyl sites for hydroxylation is 2. The fraction of sp³-hybridized carbons (Fsp3) is 0.412. The van der Waals surface area contributed by atoms with Crippen molar-refractivity contribution in [2.75, 3.05) is 6.54 Å². The van der Waals surface area contributed by atoms with E-state index < -0.39 is 0 Å². The minimum Gasteiger partial charge on any atom is -0.469 e. The van der Waals surface area contributed by atoms with Gasteiger partial charge < -0.3 is 9.73 Å². The first-order valence-electron chi connectivity index (χ1n) is 6.98. The molecule has 2 nitrogen and oxygen atoms in total. The van der Waals surface area contributed by atoms with Crippen molar-refractivity contribution in [1.29, 1.82) is 0 Å². The van der Waals surface area contributed by atoms with Crippen molar-refractivity contribution in [2.45, 2.75) is 40.2 Å². The van der Waals surface area contributed by atoms with Crippen molar-refractivity contribution in [2.24, 2.45) is 0 Å². The summed E-state index contributed by atoms with van der Waals surface area (Å²) in [4.78, 5) is 0. The van der Waals surface area contributed by atoms with Crippen molar-refractivity contribution in [3.8, 4) is 0 Å². The Morgan fingerprint density at radius 3 is 2.63 bits per heavy atom. The van der Waals surface area contributed by atoms with Crippen LogP contribution in [0.25, 0.3) is 0 Å². The highest BCUT2D eigenvalue weighted by Crippen LogP contribution is 2.27. The molecule has 2 aromatic rings. The Kier molecular flexibility index (Phi) is 4.43. The molecule has 1 heterocycles. The summed E-state index contributed by atoms with van der Waals surface area (Å²) in [7, 11) is 0. The Morgan fingerprint density at radius 2 is 2.00 bits per heavy atom. The predicted octanol–water partition coefficient (Wildman–Crippen LogP) is 4.29. The van der Waals surface area contributed by atoms with Crippen molar-refractivity contribution < 1.29 is 4.42 Å². The molecule has 0 bridgehead atoms. The largest absolute Gasteiger partial charge is 0.469 e. The molecule has 0 radical (unpaired) electrons. The number of benzene rings is 1. The van der Waals surface area contributed by atoms with Crippen LogP contribution in [0.5, 0.6) is 0 Å². The lowest BCUT2D eigenvalue weighted by Gasteiger charge is -2.20. The summed E-state index contributed by atoms with van der Waals surface area (Å²) in [5.41, 5.74) is 5.24. The van der Waals surface area contributed by atoms with Crippen molar-refractivity contribution >= 4 is 0 Å². The number of furan rings is 1. The highest BCUT2D eigenvalue weighted by molar-refractivity contribution is 5.40. The van der Waals surface area contributed by atoms with Gasteiger partial charge in [0.25, 0.3) is 0 Å². The van der Waals surface area contributed by atoms with E-state index >= 15 is 0 Å². The van der Waals surface area contributed by atoms with Crippen LogP contribution in [0.15, 0.2) is 34.9 Å². The van der Waals surface area contributed by atoms with E-state index in [9.17, 15) is 0 Å². The van der Waals surface area contributed by atoms with E-state index in [0.717, 1.165) is 18.7 Å². The average Bonchev–Trinajstić information content (AvgIpc) is 2.81. The van der Waals surface area contributed by atoms with Gasteiger partial charge in [0.2, 0.25) is 0 Å². The molecule has 1 aromatic heterocycles. The molecular weight excluding hydrogens is 234 g/mol. The zero-order valence-corrected chi connectivity index (χ0v) is 12.3. The molecule has 1 N–H and O–H groups in total. The normalized spacial score (nSPS) is 12.6. The second kappa shape index (κ2) is 6.07. The Labute approximate surface area is 115 Å². The van der Waals surface area contributed by atoms with Gasteiger partial charge in [-0.2, -0.15) is 0 Å². The third-order valence-corrected chi connectivity index (χ3v) is 3.64. The zero-order chi connectivity index (χ0) is 13.8. The third kappa shape index (κ3) is 3.07. The Morgan fingerprint density at radius 1 is 1.21 bits per heavy atom. The molecule has 2 rings (SSSR count). The maximum atomic E-state index is 5.48. The van der Waals surface area contributed by atoms with E-state index in [1.807, 2.05) is 13.2 Å². The van der Waals surface area contributed by atoms with Gasteiger partial charge in [-0.15, -0.1) is 0 Å². The minimum absolute atomic E-state index is 0.220. The monoisotopic (exact) mass is 257 g/mol. The van der Waals surface area contributed by atoms with Gasteiger partial charge in [0, 0.05) is 5.56 Å². The second-order valence-corrected chi connectivity index (χ2v) is 5.17. The van der Waals surface area contributed by atoms with E-state index in [1.54, 1.807) is 0 Å². The van der Waals surface area contributed by atoms with Crippen LogP contribution in [0.3, 0.4) is 0 Å². The van der Waals surface area contributed by atoms with Gasteiger partial charge in [-0.3, -0.25) is 0 Å². The summed E-state index contributed by atoms with van der Waals surface area (Å²) >= 11 is 0. The maximum absolute atomic E-state index is 5.48. The van der Waals surface area contributed by atoms with Crippen LogP contribution in [0.1, 0.15) is 47.4 Å². The third-order valence-electron chi connectivity index (χ3n) is 3.64. The van der Waals surface area contributed by atoms with Gasteiger partial charge in [0.15, 0.2) is 0 Å². The van der Waals surface area contributed by atoms with E-state index in [4.69, 9.17) is 4.42 Å². The van der Waals surface area contributed by atoms with Gasteiger partial charge in [0.1, 0.15) is 5.76 Å². The number of hydrogen-bond donors (Lipinski definition) is 1. The molecule has 0 spiro atoms. The molecule has 1 unspecified atom stereocenters. The molecule has 19 heavy (non-hydrogen) atoms.